The van der Waals surface area contributed by atoms with Gasteiger partial charge in [-0.15, -0.1) is 5.10 Å². The number of hydrazine groups is 1. The number of rotatable bonds is 3. The molecule has 6 nitrogen and oxygen atoms in total. The van der Waals surface area contributed by atoms with Gasteiger partial charge < -0.3 is 9.47 Å². The molecule has 7 heteroatoms. The summed E-state index contributed by atoms with van der Waals surface area (Å²) in [5.74, 6) is 7.17. The van der Waals surface area contributed by atoms with Gasteiger partial charge in [0.2, 0.25) is 0 Å². The fraction of sp³-hybridized carbons (Fsp3) is 0.333. The van der Waals surface area contributed by atoms with E-state index < -0.39 is 0 Å². The summed E-state index contributed by atoms with van der Waals surface area (Å²) in [6.07, 6.45) is 2.60. The second kappa shape index (κ2) is 5.52. The first-order valence-corrected chi connectivity index (χ1v) is 6.79. The number of nitrogens with two attached hydrogens (primary N) is 1. The van der Waals surface area contributed by atoms with Crippen molar-refractivity contribution >= 4 is 11.5 Å². The third kappa shape index (κ3) is 2.53. The Kier molecular flexibility index (Phi) is 3.58. The number of hydrogen-bond donors (Lipinski definition) is 2. The summed E-state index contributed by atoms with van der Waals surface area (Å²) in [5, 5.41) is 3.84. The molecule has 3 rings (SSSR count). The molecule has 19 heavy (non-hydrogen) atoms. The van der Waals surface area contributed by atoms with Gasteiger partial charge in [-0.05, 0) is 29.2 Å². The molecule has 0 radical (unpaired) electrons. The van der Waals surface area contributed by atoms with Crippen LogP contribution in [-0.2, 0) is 0 Å². The van der Waals surface area contributed by atoms with Crippen molar-refractivity contribution in [2.24, 2.45) is 5.84 Å². The Morgan fingerprint density at radius 3 is 2.84 bits per heavy atom. The molecule has 0 aliphatic carbocycles. The summed E-state index contributed by atoms with van der Waals surface area (Å²) in [5.41, 5.74) is 3.78. The minimum Gasteiger partial charge on any atom is -0.490 e. The van der Waals surface area contributed by atoms with Crippen LogP contribution < -0.4 is 20.7 Å². The number of ether oxygens (including phenoxy) is 2. The van der Waals surface area contributed by atoms with E-state index >= 15 is 0 Å². The summed E-state index contributed by atoms with van der Waals surface area (Å²) in [6, 6.07) is 5.69. The minimum absolute atomic E-state index is 0.142. The monoisotopic (exact) mass is 278 g/mol. The van der Waals surface area contributed by atoms with Crippen LogP contribution in [0.3, 0.4) is 0 Å². The molecule has 1 aromatic heterocycles. The fourth-order valence-electron chi connectivity index (χ4n) is 2.00. The van der Waals surface area contributed by atoms with E-state index in [2.05, 4.69) is 15.0 Å². The highest BCUT2D eigenvalue weighted by Crippen LogP contribution is 2.34. The molecule has 1 unspecified atom stereocenters. The topological polar surface area (TPSA) is 82.3 Å². The van der Waals surface area contributed by atoms with Crippen molar-refractivity contribution in [1.82, 2.24) is 15.0 Å². The lowest BCUT2D eigenvalue weighted by molar-refractivity contribution is 0.297. The summed E-state index contributed by atoms with van der Waals surface area (Å²) in [7, 11) is 0. The van der Waals surface area contributed by atoms with Gasteiger partial charge in [-0.1, -0.05) is 10.6 Å². The molecule has 1 aromatic carbocycles. The number of benzene rings is 1. The third-order valence-electron chi connectivity index (χ3n) is 2.93. The van der Waals surface area contributed by atoms with Crippen LogP contribution in [0.2, 0.25) is 0 Å². The molecule has 0 fully saturated rings. The lowest BCUT2D eigenvalue weighted by Gasteiger charge is -2.16. The zero-order valence-electron chi connectivity index (χ0n) is 10.2. The lowest BCUT2D eigenvalue weighted by Crippen LogP contribution is -2.28. The molecule has 1 atom stereocenters. The van der Waals surface area contributed by atoms with E-state index in [9.17, 15) is 0 Å². The maximum atomic E-state index is 5.68. The van der Waals surface area contributed by atoms with Gasteiger partial charge >= 0.3 is 0 Å². The Morgan fingerprint density at radius 2 is 2.11 bits per heavy atom. The van der Waals surface area contributed by atoms with Crippen molar-refractivity contribution < 1.29 is 9.47 Å². The van der Waals surface area contributed by atoms with E-state index in [-0.39, 0.29) is 6.04 Å². The summed E-state index contributed by atoms with van der Waals surface area (Å²) >= 11 is 1.32. The first kappa shape index (κ1) is 12.3. The maximum absolute atomic E-state index is 5.68. The highest BCUT2D eigenvalue weighted by molar-refractivity contribution is 7.05. The van der Waals surface area contributed by atoms with E-state index in [1.807, 2.05) is 18.2 Å². The van der Waals surface area contributed by atoms with Crippen LogP contribution in [0.5, 0.6) is 11.5 Å². The Hall–Kier alpha value is -1.70. The van der Waals surface area contributed by atoms with Crippen molar-refractivity contribution in [3.63, 3.8) is 0 Å². The van der Waals surface area contributed by atoms with Gasteiger partial charge in [0.1, 0.15) is 0 Å². The standard InChI is InChI=1S/C12H14N4O2S/c13-15-12(11-7-14-16-19-11)8-2-3-9-10(6-8)18-5-1-4-17-9/h2-3,6-7,12,15H,1,4-5,13H2. The van der Waals surface area contributed by atoms with Crippen LogP contribution in [0.1, 0.15) is 22.9 Å². The van der Waals surface area contributed by atoms with E-state index in [0.717, 1.165) is 28.4 Å². The first-order chi connectivity index (χ1) is 9.38. The third-order valence-corrected chi connectivity index (χ3v) is 3.66. The van der Waals surface area contributed by atoms with E-state index in [0.29, 0.717) is 13.2 Å². The molecule has 2 aromatic rings. The summed E-state index contributed by atoms with van der Waals surface area (Å²) in [4.78, 5) is 0.956. The SMILES string of the molecule is NNC(c1ccc2c(c1)OCCCO2)c1cnns1. The van der Waals surface area contributed by atoms with Gasteiger partial charge in [0.15, 0.2) is 11.5 Å². The van der Waals surface area contributed by atoms with E-state index in [1.54, 1.807) is 6.20 Å². The molecule has 0 saturated carbocycles. The maximum Gasteiger partial charge on any atom is 0.161 e. The fourth-order valence-corrected chi connectivity index (χ4v) is 2.60. The van der Waals surface area contributed by atoms with Crippen LogP contribution in [0.15, 0.2) is 24.4 Å². The Morgan fingerprint density at radius 1 is 1.26 bits per heavy atom. The Balaban J connectivity index is 1.94. The molecule has 0 bridgehead atoms. The zero-order valence-corrected chi connectivity index (χ0v) is 11.0. The average molecular weight is 278 g/mol. The number of nitrogens with one attached hydrogen (secondary N) is 1. The van der Waals surface area contributed by atoms with E-state index in [1.165, 1.54) is 11.5 Å². The van der Waals surface area contributed by atoms with Gasteiger partial charge in [0, 0.05) is 6.42 Å². The van der Waals surface area contributed by atoms with Gasteiger partial charge in [0.25, 0.3) is 0 Å². The van der Waals surface area contributed by atoms with Gasteiger partial charge in [-0.25, -0.2) is 5.43 Å². The predicted molar refractivity (Wildman–Crippen MR) is 71.1 cm³/mol. The van der Waals surface area contributed by atoms with Crippen LogP contribution in [-0.4, -0.2) is 22.8 Å². The smallest absolute Gasteiger partial charge is 0.161 e. The zero-order chi connectivity index (χ0) is 13.1. The van der Waals surface area contributed by atoms with Crippen molar-refractivity contribution in [2.45, 2.75) is 12.5 Å². The van der Waals surface area contributed by atoms with Crippen LogP contribution >= 0.6 is 11.5 Å². The predicted octanol–water partition coefficient (Wildman–Crippen LogP) is 1.25. The number of aromatic nitrogens is 2. The van der Waals surface area contributed by atoms with Gasteiger partial charge in [0.05, 0.1) is 30.3 Å². The quantitative estimate of drug-likeness (QED) is 0.649. The van der Waals surface area contributed by atoms with E-state index in [4.69, 9.17) is 15.3 Å². The molecule has 3 N–H and O–H groups in total. The van der Waals surface area contributed by atoms with Crippen LogP contribution in [0.4, 0.5) is 0 Å². The highest BCUT2D eigenvalue weighted by atomic mass is 32.1. The summed E-state index contributed by atoms with van der Waals surface area (Å²) < 4.78 is 15.1. The molecular formula is C12H14N4O2S. The first-order valence-electron chi connectivity index (χ1n) is 6.01. The van der Waals surface area contributed by atoms with Crippen molar-refractivity contribution in [3.8, 4) is 11.5 Å². The van der Waals surface area contributed by atoms with Gasteiger partial charge in [-0.3, -0.25) is 5.84 Å². The molecule has 0 spiro atoms. The Labute approximate surface area is 114 Å². The van der Waals surface area contributed by atoms with Crippen molar-refractivity contribution in [1.29, 1.82) is 0 Å². The molecule has 1 aliphatic rings. The lowest BCUT2D eigenvalue weighted by atomic mass is 10.1. The highest BCUT2D eigenvalue weighted by Gasteiger charge is 2.18. The number of fused-ring (bicyclic) bond motifs is 1. The largest absolute Gasteiger partial charge is 0.490 e. The number of nitrogens with zero attached hydrogens (tertiary/aromatic N) is 2. The average Bonchev–Trinajstić information content (AvgIpc) is 2.85. The summed E-state index contributed by atoms with van der Waals surface area (Å²) in [6.45, 7) is 1.35. The van der Waals surface area contributed by atoms with Crippen molar-refractivity contribution in [3.05, 3.63) is 34.8 Å². The molecule has 0 saturated heterocycles. The second-order valence-electron chi connectivity index (χ2n) is 4.18. The molecule has 2 heterocycles. The van der Waals surface area contributed by atoms with Crippen molar-refractivity contribution in [2.75, 3.05) is 13.2 Å². The van der Waals surface area contributed by atoms with Crippen LogP contribution in [0.25, 0.3) is 0 Å². The molecule has 100 valence electrons. The number of hydrogen-bond acceptors (Lipinski definition) is 7. The second-order valence-corrected chi connectivity index (χ2v) is 4.99. The molecule has 1 aliphatic heterocycles. The normalized spacial score (nSPS) is 15.8. The van der Waals surface area contributed by atoms with Gasteiger partial charge in [-0.2, -0.15) is 0 Å². The molecular weight excluding hydrogens is 264 g/mol. The molecule has 0 amide bonds. The van der Waals surface area contributed by atoms with Crippen LogP contribution in [0, 0.1) is 0 Å². The Bertz CT molecular complexity index is 547. The minimum atomic E-state index is -0.142.